The van der Waals surface area contributed by atoms with Gasteiger partial charge in [-0.2, -0.15) is 5.10 Å². The summed E-state index contributed by atoms with van der Waals surface area (Å²) >= 11 is 0. The Morgan fingerprint density at radius 3 is 2.65 bits per heavy atom. The van der Waals surface area contributed by atoms with Crippen LogP contribution in [-0.4, -0.2) is 25.3 Å². The first-order valence-corrected chi connectivity index (χ1v) is 8.38. The van der Waals surface area contributed by atoms with Crippen molar-refractivity contribution in [3.8, 4) is 5.75 Å². The van der Waals surface area contributed by atoms with Gasteiger partial charge in [0, 0.05) is 5.69 Å². The lowest BCUT2D eigenvalue weighted by molar-refractivity contribution is -0.121. The molecule has 0 aliphatic rings. The van der Waals surface area contributed by atoms with Gasteiger partial charge in [0.1, 0.15) is 11.8 Å². The molecule has 0 spiro atoms. The molecule has 0 unspecified atom stereocenters. The van der Waals surface area contributed by atoms with Gasteiger partial charge in [-0.25, -0.2) is 5.43 Å². The van der Waals surface area contributed by atoms with Gasteiger partial charge < -0.3 is 10.1 Å². The van der Waals surface area contributed by atoms with Crippen molar-refractivity contribution in [2.24, 2.45) is 5.10 Å². The zero-order valence-corrected chi connectivity index (χ0v) is 14.8. The van der Waals surface area contributed by atoms with Crippen LogP contribution in [0.5, 0.6) is 5.75 Å². The second kappa shape index (κ2) is 8.16. The Morgan fingerprint density at radius 2 is 1.85 bits per heavy atom. The molecule has 26 heavy (non-hydrogen) atoms. The second-order valence-corrected chi connectivity index (χ2v) is 5.94. The minimum atomic E-state index is -0.418. The molecular weight excluding hydrogens is 326 g/mol. The van der Waals surface area contributed by atoms with Crippen molar-refractivity contribution >= 4 is 28.6 Å². The molecule has 0 aliphatic heterocycles. The summed E-state index contributed by atoms with van der Waals surface area (Å²) in [4.78, 5) is 12.2. The molecule has 1 amide bonds. The van der Waals surface area contributed by atoms with Crippen LogP contribution in [0.15, 0.2) is 71.8 Å². The van der Waals surface area contributed by atoms with Crippen LogP contribution < -0.4 is 15.5 Å². The molecule has 5 heteroatoms. The molecule has 0 aliphatic carbocycles. The van der Waals surface area contributed by atoms with Crippen molar-refractivity contribution in [3.05, 3.63) is 72.3 Å². The van der Waals surface area contributed by atoms with Crippen LogP contribution in [0.4, 0.5) is 5.69 Å². The Labute approximate surface area is 152 Å². The maximum Gasteiger partial charge on any atom is 0.262 e. The minimum Gasteiger partial charge on any atom is -0.497 e. The minimum absolute atomic E-state index is 0.211. The number of rotatable bonds is 6. The number of nitrogens with one attached hydrogen (secondary N) is 2. The first-order chi connectivity index (χ1) is 12.7. The number of methoxy groups -OCH3 is 1. The number of hydrazone groups is 1. The lowest BCUT2D eigenvalue weighted by Crippen LogP contribution is -2.34. The number of hydrogen-bond donors (Lipinski definition) is 2. The molecule has 0 fully saturated rings. The monoisotopic (exact) mass is 347 g/mol. The number of benzene rings is 3. The number of amides is 1. The van der Waals surface area contributed by atoms with Gasteiger partial charge in [0.2, 0.25) is 0 Å². The molecule has 0 heterocycles. The van der Waals surface area contributed by atoms with Crippen molar-refractivity contribution in [2.45, 2.75) is 13.0 Å². The normalized spacial score (nSPS) is 12.1. The smallest absolute Gasteiger partial charge is 0.262 e. The summed E-state index contributed by atoms with van der Waals surface area (Å²) in [6.45, 7) is 1.80. The summed E-state index contributed by atoms with van der Waals surface area (Å²) in [6, 6.07) is 21.2. The predicted molar refractivity (Wildman–Crippen MR) is 106 cm³/mol. The van der Waals surface area contributed by atoms with E-state index in [1.54, 1.807) is 20.2 Å². The number of hydrogen-bond acceptors (Lipinski definition) is 4. The average Bonchev–Trinajstić information content (AvgIpc) is 2.68. The van der Waals surface area contributed by atoms with Crippen molar-refractivity contribution in [1.82, 2.24) is 5.43 Å². The van der Waals surface area contributed by atoms with Crippen LogP contribution in [0, 0.1) is 0 Å². The topological polar surface area (TPSA) is 62.7 Å². The van der Waals surface area contributed by atoms with E-state index < -0.39 is 6.04 Å². The number of anilines is 1. The van der Waals surface area contributed by atoms with E-state index in [0.717, 1.165) is 27.8 Å². The first-order valence-electron chi connectivity index (χ1n) is 8.38. The van der Waals surface area contributed by atoms with Crippen molar-refractivity contribution < 1.29 is 9.53 Å². The highest BCUT2D eigenvalue weighted by Gasteiger charge is 2.11. The van der Waals surface area contributed by atoms with Crippen LogP contribution in [0.2, 0.25) is 0 Å². The Kier molecular flexibility index (Phi) is 5.49. The lowest BCUT2D eigenvalue weighted by Gasteiger charge is -2.14. The fourth-order valence-corrected chi connectivity index (χ4v) is 2.58. The SMILES string of the molecule is COc1cccc(/C=N\NC(=O)[C@H](C)Nc2ccc3ccccc3c2)c1. The average molecular weight is 347 g/mol. The molecule has 132 valence electrons. The maximum atomic E-state index is 12.2. The van der Waals surface area contributed by atoms with Gasteiger partial charge in [0.15, 0.2) is 0 Å². The molecule has 0 bridgehead atoms. The molecule has 0 aromatic heterocycles. The van der Waals surface area contributed by atoms with E-state index in [1.165, 1.54) is 0 Å². The Morgan fingerprint density at radius 1 is 1.04 bits per heavy atom. The molecule has 3 aromatic rings. The van der Waals surface area contributed by atoms with Gasteiger partial charge in [0.25, 0.3) is 5.91 Å². The summed E-state index contributed by atoms with van der Waals surface area (Å²) < 4.78 is 5.16. The number of nitrogens with zero attached hydrogens (tertiary/aromatic N) is 1. The van der Waals surface area contributed by atoms with Crippen molar-refractivity contribution in [1.29, 1.82) is 0 Å². The van der Waals surface area contributed by atoms with Crippen LogP contribution in [-0.2, 0) is 4.79 Å². The summed E-state index contributed by atoms with van der Waals surface area (Å²) in [5.41, 5.74) is 4.29. The number of carbonyl (C=O) groups excluding carboxylic acids is 1. The molecule has 3 rings (SSSR count). The third-order valence-electron chi connectivity index (χ3n) is 4.01. The zero-order valence-electron chi connectivity index (χ0n) is 14.8. The largest absolute Gasteiger partial charge is 0.497 e. The third kappa shape index (κ3) is 4.39. The molecule has 5 nitrogen and oxygen atoms in total. The van der Waals surface area contributed by atoms with Crippen LogP contribution >= 0.6 is 0 Å². The highest BCUT2D eigenvalue weighted by atomic mass is 16.5. The van der Waals surface area contributed by atoms with Gasteiger partial charge in [-0.1, -0.05) is 42.5 Å². The van der Waals surface area contributed by atoms with Crippen LogP contribution in [0.3, 0.4) is 0 Å². The van der Waals surface area contributed by atoms with Gasteiger partial charge in [-0.05, 0) is 47.5 Å². The van der Waals surface area contributed by atoms with E-state index in [0.29, 0.717) is 0 Å². The molecule has 3 aromatic carbocycles. The maximum absolute atomic E-state index is 12.2. The highest BCUT2D eigenvalue weighted by Crippen LogP contribution is 2.19. The zero-order chi connectivity index (χ0) is 18.4. The number of carbonyl (C=O) groups is 1. The Balaban J connectivity index is 1.59. The van der Waals surface area contributed by atoms with Crippen molar-refractivity contribution in [3.63, 3.8) is 0 Å². The third-order valence-corrected chi connectivity index (χ3v) is 4.01. The lowest BCUT2D eigenvalue weighted by atomic mass is 10.1. The molecular formula is C21H21N3O2. The summed E-state index contributed by atoms with van der Waals surface area (Å²) in [7, 11) is 1.61. The molecule has 0 saturated heterocycles. The van der Waals surface area contributed by atoms with Gasteiger partial charge in [-0.15, -0.1) is 0 Å². The van der Waals surface area contributed by atoms with E-state index in [-0.39, 0.29) is 5.91 Å². The Hall–Kier alpha value is -3.34. The van der Waals surface area contributed by atoms with E-state index in [2.05, 4.69) is 21.9 Å². The van der Waals surface area contributed by atoms with Crippen LogP contribution in [0.1, 0.15) is 12.5 Å². The summed E-state index contributed by atoms with van der Waals surface area (Å²) in [5.74, 6) is 0.531. The molecule has 0 saturated carbocycles. The first kappa shape index (κ1) is 17.5. The fraction of sp³-hybridized carbons (Fsp3) is 0.143. The quantitative estimate of drug-likeness (QED) is 0.527. The molecule has 2 N–H and O–H groups in total. The number of ether oxygens (including phenoxy) is 1. The van der Waals surface area contributed by atoms with Crippen LogP contribution in [0.25, 0.3) is 10.8 Å². The van der Waals surface area contributed by atoms with Gasteiger partial charge in [-0.3, -0.25) is 4.79 Å². The fourth-order valence-electron chi connectivity index (χ4n) is 2.58. The molecule has 1 atom stereocenters. The van der Waals surface area contributed by atoms with Gasteiger partial charge in [0.05, 0.1) is 13.3 Å². The number of fused-ring (bicyclic) bond motifs is 1. The van der Waals surface area contributed by atoms with Crippen molar-refractivity contribution in [2.75, 3.05) is 12.4 Å². The molecule has 0 radical (unpaired) electrons. The van der Waals surface area contributed by atoms with E-state index >= 15 is 0 Å². The second-order valence-electron chi connectivity index (χ2n) is 5.94. The van der Waals surface area contributed by atoms with E-state index in [4.69, 9.17) is 4.74 Å². The van der Waals surface area contributed by atoms with E-state index in [1.807, 2.05) is 60.7 Å². The summed E-state index contributed by atoms with van der Waals surface area (Å²) in [5, 5.41) is 9.50. The van der Waals surface area contributed by atoms with E-state index in [9.17, 15) is 4.79 Å². The van der Waals surface area contributed by atoms with Gasteiger partial charge >= 0.3 is 0 Å². The summed E-state index contributed by atoms with van der Waals surface area (Å²) in [6.07, 6.45) is 1.59. The Bertz CT molecular complexity index is 937. The highest BCUT2D eigenvalue weighted by molar-refractivity contribution is 5.89. The predicted octanol–water partition coefficient (Wildman–Crippen LogP) is 3.80. The standard InChI is InChI=1S/C21H21N3O2/c1-15(23-19-11-10-17-7-3-4-8-18(17)13-19)21(25)24-22-14-16-6-5-9-20(12-16)26-2/h3-15,23H,1-2H3,(H,24,25)/b22-14-/t15-/m0/s1.